The van der Waals surface area contributed by atoms with Crippen LogP contribution in [0.2, 0.25) is 0 Å². The van der Waals surface area contributed by atoms with E-state index in [4.69, 9.17) is 10.5 Å². The van der Waals surface area contributed by atoms with Crippen LogP contribution in [0.25, 0.3) is 0 Å². The molecule has 112 valence electrons. The van der Waals surface area contributed by atoms with Crippen molar-refractivity contribution in [2.24, 2.45) is 11.7 Å². The maximum absolute atomic E-state index is 6.04. The normalized spacial score (nSPS) is 21.1. The average molecular weight is 276 g/mol. The summed E-state index contributed by atoms with van der Waals surface area (Å²) in [4.78, 5) is 2.40. The Hall–Kier alpha value is -0.900. The van der Waals surface area contributed by atoms with Crippen LogP contribution in [0, 0.1) is 19.8 Å². The molecule has 0 spiro atoms. The highest BCUT2D eigenvalue weighted by Gasteiger charge is 2.21. The molecule has 1 aliphatic rings. The third-order valence-corrected chi connectivity index (χ3v) is 4.18. The molecular formula is C17H28N2O. The summed E-state index contributed by atoms with van der Waals surface area (Å²) >= 11 is 0. The van der Waals surface area contributed by atoms with Crippen molar-refractivity contribution in [2.75, 3.05) is 33.4 Å². The lowest BCUT2D eigenvalue weighted by Gasteiger charge is -2.32. The van der Waals surface area contributed by atoms with Crippen LogP contribution in [0.15, 0.2) is 18.2 Å². The minimum atomic E-state index is 0.301. The highest BCUT2D eigenvalue weighted by molar-refractivity contribution is 5.31. The first-order valence-electron chi connectivity index (χ1n) is 7.66. The average Bonchev–Trinajstić information content (AvgIpc) is 2.39. The molecule has 1 aromatic rings. The molecule has 0 bridgehead atoms. The maximum Gasteiger partial charge on any atom is 0.0506 e. The van der Waals surface area contributed by atoms with Crippen LogP contribution in [-0.4, -0.2) is 38.3 Å². The van der Waals surface area contributed by atoms with Crippen LogP contribution in [0.3, 0.4) is 0 Å². The lowest BCUT2D eigenvalue weighted by atomic mass is 9.97. The van der Waals surface area contributed by atoms with Gasteiger partial charge in [-0.1, -0.05) is 29.3 Å². The van der Waals surface area contributed by atoms with Crippen LogP contribution in [0.4, 0.5) is 0 Å². The van der Waals surface area contributed by atoms with Crippen LogP contribution >= 0.6 is 0 Å². The van der Waals surface area contributed by atoms with E-state index in [2.05, 4.69) is 44.0 Å². The van der Waals surface area contributed by atoms with E-state index in [1.54, 1.807) is 0 Å². The molecule has 1 fully saturated rings. The van der Waals surface area contributed by atoms with E-state index in [0.717, 1.165) is 19.8 Å². The van der Waals surface area contributed by atoms with Gasteiger partial charge in [0.25, 0.3) is 0 Å². The summed E-state index contributed by atoms with van der Waals surface area (Å²) < 4.78 is 5.58. The van der Waals surface area contributed by atoms with Gasteiger partial charge in [-0.2, -0.15) is 0 Å². The zero-order valence-electron chi connectivity index (χ0n) is 13.1. The number of ether oxygens (including phenoxy) is 1. The SMILES string of the molecule is Cc1cc(C)cc(C(CN)N(C)CC2CCCOC2)c1. The van der Waals surface area contributed by atoms with Gasteiger partial charge < -0.3 is 10.5 Å². The van der Waals surface area contributed by atoms with Crippen molar-refractivity contribution in [3.8, 4) is 0 Å². The van der Waals surface area contributed by atoms with Crippen LogP contribution in [-0.2, 0) is 4.74 Å². The van der Waals surface area contributed by atoms with Crippen molar-refractivity contribution >= 4 is 0 Å². The summed E-state index contributed by atoms with van der Waals surface area (Å²) in [6.07, 6.45) is 2.46. The van der Waals surface area contributed by atoms with Gasteiger partial charge in [-0.15, -0.1) is 0 Å². The van der Waals surface area contributed by atoms with Gasteiger partial charge in [-0.25, -0.2) is 0 Å². The summed E-state index contributed by atoms with van der Waals surface area (Å²) in [5.41, 5.74) is 10.0. The number of hydrogen-bond acceptors (Lipinski definition) is 3. The van der Waals surface area contributed by atoms with Gasteiger partial charge in [-0.3, -0.25) is 4.90 Å². The van der Waals surface area contributed by atoms with Gasteiger partial charge in [0.2, 0.25) is 0 Å². The second-order valence-electron chi connectivity index (χ2n) is 6.20. The minimum Gasteiger partial charge on any atom is -0.381 e. The monoisotopic (exact) mass is 276 g/mol. The Balaban J connectivity index is 2.05. The minimum absolute atomic E-state index is 0.301. The van der Waals surface area contributed by atoms with Crippen LogP contribution in [0.1, 0.15) is 35.6 Å². The fourth-order valence-electron chi connectivity index (χ4n) is 3.26. The van der Waals surface area contributed by atoms with E-state index in [9.17, 15) is 0 Å². The molecule has 2 unspecified atom stereocenters. The third-order valence-electron chi connectivity index (χ3n) is 4.18. The Kier molecular flexibility index (Phi) is 5.58. The van der Waals surface area contributed by atoms with Crippen molar-refractivity contribution in [3.05, 3.63) is 34.9 Å². The van der Waals surface area contributed by atoms with Gasteiger partial charge in [0, 0.05) is 25.7 Å². The molecule has 0 amide bonds. The van der Waals surface area contributed by atoms with Crippen LogP contribution in [0.5, 0.6) is 0 Å². The zero-order chi connectivity index (χ0) is 14.5. The molecule has 0 aromatic heterocycles. The smallest absolute Gasteiger partial charge is 0.0506 e. The van der Waals surface area contributed by atoms with E-state index in [1.165, 1.54) is 29.5 Å². The Morgan fingerprint density at radius 3 is 2.55 bits per heavy atom. The van der Waals surface area contributed by atoms with Crippen molar-refractivity contribution in [1.29, 1.82) is 0 Å². The summed E-state index contributed by atoms with van der Waals surface area (Å²) in [5.74, 6) is 0.647. The molecule has 0 radical (unpaired) electrons. The van der Waals surface area contributed by atoms with Gasteiger partial charge >= 0.3 is 0 Å². The lowest BCUT2D eigenvalue weighted by molar-refractivity contribution is 0.0365. The third kappa shape index (κ3) is 4.05. The molecule has 2 N–H and O–H groups in total. The van der Waals surface area contributed by atoms with E-state index in [0.29, 0.717) is 18.5 Å². The molecule has 2 rings (SSSR count). The Morgan fingerprint density at radius 1 is 1.30 bits per heavy atom. The molecule has 3 heteroatoms. The standard InChI is InChI=1S/C17H28N2O/c1-13-7-14(2)9-16(8-13)17(10-18)19(3)11-15-5-4-6-20-12-15/h7-9,15,17H,4-6,10-12,18H2,1-3H3. The fourth-order valence-corrected chi connectivity index (χ4v) is 3.26. The number of rotatable bonds is 5. The van der Waals surface area contributed by atoms with Crippen molar-refractivity contribution < 1.29 is 4.74 Å². The number of aryl methyl sites for hydroxylation is 2. The van der Waals surface area contributed by atoms with Crippen molar-refractivity contribution in [3.63, 3.8) is 0 Å². The predicted molar refractivity (Wildman–Crippen MR) is 83.9 cm³/mol. The molecule has 0 aliphatic carbocycles. The molecule has 1 saturated heterocycles. The maximum atomic E-state index is 6.04. The Bertz CT molecular complexity index is 407. The number of nitrogens with two attached hydrogens (primary N) is 1. The highest BCUT2D eigenvalue weighted by Crippen LogP contribution is 2.24. The molecule has 1 aromatic carbocycles. The van der Waals surface area contributed by atoms with E-state index in [-0.39, 0.29) is 0 Å². The highest BCUT2D eigenvalue weighted by atomic mass is 16.5. The van der Waals surface area contributed by atoms with Gasteiger partial charge in [0.05, 0.1) is 6.61 Å². The number of nitrogens with zero attached hydrogens (tertiary/aromatic N) is 1. The molecular weight excluding hydrogens is 248 g/mol. The van der Waals surface area contributed by atoms with Crippen molar-refractivity contribution in [1.82, 2.24) is 4.90 Å². The zero-order valence-corrected chi connectivity index (χ0v) is 13.1. The summed E-state index contributed by atoms with van der Waals surface area (Å²) in [6, 6.07) is 7.04. The van der Waals surface area contributed by atoms with Gasteiger partial charge in [0.1, 0.15) is 0 Å². The van der Waals surface area contributed by atoms with Crippen molar-refractivity contribution in [2.45, 2.75) is 32.7 Å². The lowest BCUT2D eigenvalue weighted by Crippen LogP contribution is -2.36. The fraction of sp³-hybridized carbons (Fsp3) is 0.647. The quantitative estimate of drug-likeness (QED) is 0.898. The Labute approximate surface area is 123 Å². The first-order valence-corrected chi connectivity index (χ1v) is 7.66. The Morgan fingerprint density at radius 2 is 2.00 bits per heavy atom. The largest absolute Gasteiger partial charge is 0.381 e. The molecule has 20 heavy (non-hydrogen) atoms. The second kappa shape index (κ2) is 7.21. The van der Waals surface area contributed by atoms with E-state index < -0.39 is 0 Å². The summed E-state index contributed by atoms with van der Waals surface area (Å²) in [5, 5.41) is 0. The van der Waals surface area contributed by atoms with E-state index in [1.807, 2.05) is 0 Å². The molecule has 1 heterocycles. The molecule has 2 atom stereocenters. The molecule has 3 nitrogen and oxygen atoms in total. The van der Waals surface area contributed by atoms with Crippen LogP contribution < -0.4 is 5.73 Å². The number of hydrogen-bond donors (Lipinski definition) is 1. The predicted octanol–water partition coefficient (Wildman–Crippen LogP) is 2.66. The first kappa shape index (κ1) is 15.5. The molecule has 1 aliphatic heterocycles. The summed E-state index contributed by atoms with van der Waals surface area (Å²) in [6.45, 7) is 7.85. The van der Waals surface area contributed by atoms with E-state index >= 15 is 0 Å². The topological polar surface area (TPSA) is 38.5 Å². The van der Waals surface area contributed by atoms with Gasteiger partial charge in [0.15, 0.2) is 0 Å². The van der Waals surface area contributed by atoms with Gasteiger partial charge in [-0.05, 0) is 45.2 Å². The number of likely N-dealkylation sites (N-methyl/N-ethyl adjacent to an activating group) is 1. The number of benzene rings is 1. The summed E-state index contributed by atoms with van der Waals surface area (Å²) in [7, 11) is 2.18. The molecule has 0 saturated carbocycles. The first-order chi connectivity index (χ1) is 9.60. The second-order valence-corrected chi connectivity index (χ2v) is 6.20.